The summed E-state index contributed by atoms with van der Waals surface area (Å²) in [6.07, 6.45) is 2.96. The van der Waals surface area contributed by atoms with Crippen LogP contribution < -0.4 is 20.7 Å². The van der Waals surface area contributed by atoms with Gasteiger partial charge in [-0.25, -0.2) is 13.8 Å². The Bertz CT molecular complexity index is 1590. The number of pyridine rings is 1. The first kappa shape index (κ1) is 23.5. The summed E-state index contributed by atoms with van der Waals surface area (Å²) in [5, 5.41) is 9.25. The number of ether oxygens (including phenoxy) is 2. The van der Waals surface area contributed by atoms with Crippen LogP contribution in [-0.4, -0.2) is 28.3 Å². The molecule has 0 saturated heterocycles. The minimum atomic E-state index is -0.619. The number of aryl methyl sites for hydroxylation is 1. The number of hydrogen-bond donors (Lipinski definition) is 0. The largest absolute Gasteiger partial charge is 0.495 e. The minimum absolute atomic E-state index is 0.00535. The van der Waals surface area contributed by atoms with Gasteiger partial charge in [0, 0.05) is 22.5 Å². The smallest absolute Gasteiger partial charge is 0.336 e. The van der Waals surface area contributed by atoms with E-state index in [-0.39, 0.29) is 34.1 Å². The molecule has 0 atom stereocenters. The van der Waals surface area contributed by atoms with E-state index >= 15 is 0 Å². The molecular weight excluding hydrogens is 483 g/mol. The van der Waals surface area contributed by atoms with Crippen LogP contribution in [0, 0.1) is 24.1 Å². The van der Waals surface area contributed by atoms with Gasteiger partial charge in [-0.2, -0.15) is 5.26 Å². The summed E-state index contributed by atoms with van der Waals surface area (Å²) in [5.41, 5.74) is 0.482. The molecule has 1 aromatic carbocycles. The zero-order valence-electron chi connectivity index (χ0n) is 18.4. The first-order chi connectivity index (χ1) is 16.3. The van der Waals surface area contributed by atoms with Crippen LogP contribution in [0.4, 0.5) is 4.39 Å². The van der Waals surface area contributed by atoms with E-state index in [1.54, 1.807) is 13.0 Å². The molecule has 3 aromatic heterocycles. The molecule has 0 aliphatic rings. The maximum Gasteiger partial charge on any atom is 0.336 e. The molecule has 4 aromatic rings. The van der Waals surface area contributed by atoms with Gasteiger partial charge in [0.15, 0.2) is 11.6 Å². The van der Waals surface area contributed by atoms with E-state index in [1.165, 1.54) is 37.2 Å². The molecule has 174 valence electrons. The number of fused-ring (bicyclic) bond motifs is 1. The molecule has 0 saturated carbocycles. The van der Waals surface area contributed by atoms with E-state index in [1.807, 2.05) is 6.07 Å². The quantitative estimate of drug-likeness (QED) is 0.391. The Balaban J connectivity index is 2.06. The van der Waals surface area contributed by atoms with E-state index < -0.39 is 17.1 Å². The lowest BCUT2D eigenvalue weighted by molar-refractivity contribution is 0.387. The summed E-state index contributed by atoms with van der Waals surface area (Å²) < 4.78 is 27.1. The third-order valence-corrected chi connectivity index (χ3v) is 6.84. The Morgan fingerprint density at radius 1 is 1.18 bits per heavy atom. The van der Waals surface area contributed by atoms with Gasteiger partial charge in [0.05, 0.1) is 55.3 Å². The Kier molecular flexibility index (Phi) is 6.41. The van der Waals surface area contributed by atoms with Crippen LogP contribution in [-0.2, 0) is 6.54 Å². The Labute approximate surface area is 202 Å². The normalized spacial score (nSPS) is 10.9. The summed E-state index contributed by atoms with van der Waals surface area (Å²) in [6, 6.07) is 6.23. The Hall–Kier alpha value is -3.68. The van der Waals surface area contributed by atoms with E-state index in [4.69, 9.17) is 26.3 Å². The first-order valence-corrected chi connectivity index (χ1v) is 11.2. The molecule has 0 aliphatic carbocycles. The summed E-state index contributed by atoms with van der Waals surface area (Å²) in [7, 11) is 2.81. The van der Waals surface area contributed by atoms with Crippen molar-refractivity contribution in [1.82, 2.24) is 14.1 Å². The third kappa shape index (κ3) is 3.83. The van der Waals surface area contributed by atoms with Gasteiger partial charge in [0.2, 0.25) is 0 Å². The summed E-state index contributed by atoms with van der Waals surface area (Å²) >= 11 is 7.40. The van der Waals surface area contributed by atoms with Gasteiger partial charge >= 0.3 is 5.69 Å². The van der Waals surface area contributed by atoms with Crippen molar-refractivity contribution in [2.24, 2.45) is 0 Å². The second-order valence-corrected chi connectivity index (χ2v) is 8.72. The molecule has 0 aliphatic heterocycles. The van der Waals surface area contributed by atoms with Crippen LogP contribution in [0.2, 0.25) is 5.02 Å². The summed E-state index contributed by atoms with van der Waals surface area (Å²) in [6.45, 7) is 1.79. The van der Waals surface area contributed by atoms with Gasteiger partial charge in [-0.3, -0.25) is 14.3 Å². The van der Waals surface area contributed by atoms with Crippen molar-refractivity contribution in [3.63, 3.8) is 0 Å². The molecule has 0 amide bonds. The van der Waals surface area contributed by atoms with Crippen LogP contribution in [0.25, 0.3) is 26.3 Å². The van der Waals surface area contributed by atoms with Crippen molar-refractivity contribution < 1.29 is 13.9 Å². The standard InChI is InChI=1S/C23H18ClFN4O4S/c1-12-17(10-27-11-19(12)33-3)29-22(30)21-16(28(23(29)31)6-4-5-26)9-20(34-21)13-7-18(32-2)15(25)8-14(13)24/h7-11H,4,6H2,1-3H3. The number of thiophene rings is 1. The summed E-state index contributed by atoms with van der Waals surface area (Å²) in [4.78, 5) is 31.7. The van der Waals surface area contributed by atoms with Crippen LogP contribution >= 0.6 is 22.9 Å². The SMILES string of the molecule is COc1cc(-c2cc3c(s2)c(=O)n(-c2cncc(OC)c2C)c(=O)n3CCC#N)c(Cl)cc1F. The average molecular weight is 501 g/mol. The van der Waals surface area contributed by atoms with Crippen LogP contribution in [0.3, 0.4) is 0 Å². The predicted molar refractivity (Wildman–Crippen MR) is 128 cm³/mol. The minimum Gasteiger partial charge on any atom is -0.495 e. The highest BCUT2D eigenvalue weighted by atomic mass is 35.5. The predicted octanol–water partition coefficient (Wildman–Crippen LogP) is 4.31. The van der Waals surface area contributed by atoms with Crippen LogP contribution in [0.5, 0.6) is 11.5 Å². The number of aromatic nitrogens is 3. The molecule has 0 bridgehead atoms. The second-order valence-electron chi connectivity index (χ2n) is 7.26. The molecule has 0 unspecified atom stereocenters. The van der Waals surface area contributed by atoms with Gasteiger partial charge < -0.3 is 9.47 Å². The van der Waals surface area contributed by atoms with E-state index in [0.717, 1.165) is 22.0 Å². The molecule has 11 heteroatoms. The van der Waals surface area contributed by atoms with E-state index in [9.17, 15) is 14.0 Å². The zero-order chi connectivity index (χ0) is 24.6. The molecule has 3 heterocycles. The topological polar surface area (TPSA) is 99.1 Å². The number of hydrogen-bond acceptors (Lipinski definition) is 7. The van der Waals surface area contributed by atoms with Crippen molar-refractivity contribution in [2.75, 3.05) is 14.2 Å². The molecule has 34 heavy (non-hydrogen) atoms. The number of benzene rings is 1. The lowest BCUT2D eigenvalue weighted by atomic mass is 10.1. The molecule has 0 spiro atoms. The fraction of sp³-hybridized carbons (Fsp3) is 0.217. The monoisotopic (exact) mass is 500 g/mol. The Morgan fingerprint density at radius 3 is 2.59 bits per heavy atom. The zero-order valence-corrected chi connectivity index (χ0v) is 20.0. The third-order valence-electron chi connectivity index (χ3n) is 5.38. The highest BCUT2D eigenvalue weighted by molar-refractivity contribution is 7.22. The van der Waals surface area contributed by atoms with Crippen LogP contribution in [0.1, 0.15) is 12.0 Å². The number of halogens is 2. The second kappa shape index (κ2) is 9.29. The van der Waals surface area contributed by atoms with Gasteiger partial charge in [-0.05, 0) is 25.1 Å². The highest BCUT2D eigenvalue weighted by Crippen LogP contribution is 2.39. The van der Waals surface area contributed by atoms with E-state index in [0.29, 0.717) is 27.3 Å². The van der Waals surface area contributed by atoms with Gasteiger partial charge in [-0.15, -0.1) is 11.3 Å². The summed E-state index contributed by atoms with van der Waals surface area (Å²) in [5.74, 6) is -0.203. The lowest BCUT2D eigenvalue weighted by Gasteiger charge is -2.14. The van der Waals surface area contributed by atoms with E-state index in [2.05, 4.69) is 4.98 Å². The van der Waals surface area contributed by atoms with Gasteiger partial charge in [0.25, 0.3) is 5.56 Å². The number of nitriles is 1. The number of rotatable bonds is 6. The number of methoxy groups -OCH3 is 2. The van der Waals surface area contributed by atoms with Gasteiger partial charge in [-0.1, -0.05) is 11.6 Å². The molecule has 0 fully saturated rings. The van der Waals surface area contributed by atoms with Crippen molar-refractivity contribution in [3.8, 4) is 33.7 Å². The lowest BCUT2D eigenvalue weighted by Crippen LogP contribution is -2.39. The number of nitrogens with zero attached hydrogens (tertiary/aromatic N) is 4. The van der Waals surface area contributed by atoms with Gasteiger partial charge in [0.1, 0.15) is 10.4 Å². The fourth-order valence-corrected chi connectivity index (χ4v) is 5.10. The van der Waals surface area contributed by atoms with Crippen molar-refractivity contribution >= 4 is 33.2 Å². The average Bonchev–Trinajstić information content (AvgIpc) is 3.25. The maximum atomic E-state index is 14.1. The maximum absolute atomic E-state index is 14.1. The van der Waals surface area contributed by atoms with Crippen molar-refractivity contribution in [2.45, 2.75) is 19.9 Å². The van der Waals surface area contributed by atoms with Crippen LogP contribution in [0.15, 0.2) is 40.2 Å². The molecule has 0 radical (unpaired) electrons. The molecule has 4 rings (SSSR count). The van der Waals surface area contributed by atoms with Crippen molar-refractivity contribution in [1.29, 1.82) is 5.26 Å². The molecule has 8 nitrogen and oxygen atoms in total. The molecular formula is C23H18ClFN4O4S. The Morgan fingerprint density at radius 2 is 1.91 bits per heavy atom. The first-order valence-electron chi connectivity index (χ1n) is 10.0. The highest BCUT2D eigenvalue weighted by Gasteiger charge is 2.21. The fourth-order valence-electron chi connectivity index (χ4n) is 3.67. The molecule has 0 N–H and O–H groups in total. The van der Waals surface area contributed by atoms with Crippen molar-refractivity contribution in [3.05, 3.63) is 67.8 Å².